The molecule has 0 aliphatic carbocycles. The highest BCUT2D eigenvalue weighted by molar-refractivity contribution is 5.92. The number of imidazole rings is 1. The van der Waals surface area contributed by atoms with Crippen LogP contribution in [-0.4, -0.2) is 79.4 Å². The molecular weight excluding hydrogens is 525 g/mol. The number of piperazine rings is 1. The van der Waals surface area contributed by atoms with Crippen LogP contribution in [0.3, 0.4) is 0 Å². The molecule has 1 amide bonds. The maximum absolute atomic E-state index is 12.5. The van der Waals surface area contributed by atoms with Crippen LogP contribution < -0.4 is 10.1 Å². The fraction of sp³-hybridized carbons (Fsp3) is 0.407. The standard InChI is InChI=1S/C27H31F3N8O2/c1-3-38-17-19(15-32-38)20-5-6-21-24(25(20)40-4-2)35-26(33-21)34-22-13-18(7-8-31-22)16-36-9-11-37(12-10-36)23(39)14-27(28,29)30/h5-8,13,15,17H,3-4,9-12,14,16H2,1-2H3,(H2,31,33,34,35). The average Bonchev–Trinajstić information content (AvgIpc) is 3.56. The first kappa shape index (κ1) is 27.4. The molecular formula is C27H31F3N8O2. The number of carbonyl (C=O) groups is 1. The van der Waals surface area contributed by atoms with E-state index in [9.17, 15) is 18.0 Å². The minimum absolute atomic E-state index is 0.271. The summed E-state index contributed by atoms with van der Waals surface area (Å²) in [6.07, 6.45) is -0.413. The first-order valence-electron chi connectivity index (χ1n) is 13.2. The Morgan fingerprint density at radius 1 is 1.15 bits per heavy atom. The molecule has 2 N–H and O–H groups in total. The van der Waals surface area contributed by atoms with E-state index in [1.165, 1.54) is 4.90 Å². The Balaban J connectivity index is 1.27. The van der Waals surface area contributed by atoms with E-state index in [1.54, 1.807) is 6.20 Å². The predicted molar refractivity (Wildman–Crippen MR) is 144 cm³/mol. The van der Waals surface area contributed by atoms with Crippen molar-refractivity contribution in [1.82, 2.24) is 34.5 Å². The minimum Gasteiger partial charge on any atom is -0.491 e. The van der Waals surface area contributed by atoms with Gasteiger partial charge < -0.3 is 19.9 Å². The lowest BCUT2D eigenvalue weighted by Gasteiger charge is -2.35. The van der Waals surface area contributed by atoms with Crippen molar-refractivity contribution in [3.05, 3.63) is 48.4 Å². The third kappa shape index (κ3) is 6.36. The summed E-state index contributed by atoms with van der Waals surface area (Å²) in [5.41, 5.74) is 4.35. The van der Waals surface area contributed by atoms with Crippen molar-refractivity contribution in [3.8, 4) is 16.9 Å². The number of hydrogen-bond acceptors (Lipinski definition) is 7. The van der Waals surface area contributed by atoms with Crippen LogP contribution in [0.4, 0.5) is 24.9 Å². The van der Waals surface area contributed by atoms with E-state index >= 15 is 0 Å². The Hall–Kier alpha value is -4.13. The van der Waals surface area contributed by atoms with Crippen LogP contribution in [0.2, 0.25) is 0 Å². The number of fused-ring (bicyclic) bond motifs is 1. The van der Waals surface area contributed by atoms with Gasteiger partial charge in [0.05, 0.1) is 18.3 Å². The molecule has 0 radical (unpaired) electrons. The number of H-pyrrole nitrogens is 1. The fourth-order valence-electron chi connectivity index (χ4n) is 4.76. The molecule has 1 aliphatic heterocycles. The van der Waals surface area contributed by atoms with Crippen LogP contribution in [0.1, 0.15) is 25.8 Å². The number of carbonyl (C=O) groups excluding carboxylic acids is 1. The first-order chi connectivity index (χ1) is 19.2. The molecule has 0 bridgehead atoms. The molecule has 0 spiro atoms. The van der Waals surface area contributed by atoms with Crippen molar-refractivity contribution in [2.24, 2.45) is 0 Å². The SMILES string of the molecule is CCOc1c(-c2cnn(CC)c2)ccc2[nH]c(Nc3cc(CN4CCN(C(=O)CC(F)(F)F)CC4)ccn3)nc12. The molecule has 1 aliphatic rings. The van der Waals surface area contributed by atoms with Gasteiger partial charge in [-0.25, -0.2) is 9.97 Å². The lowest BCUT2D eigenvalue weighted by molar-refractivity contribution is -0.162. The maximum atomic E-state index is 12.5. The molecule has 13 heteroatoms. The summed E-state index contributed by atoms with van der Waals surface area (Å²) in [5.74, 6) is 0.912. The Labute approximate surface area is 229 Å². The summed E-state index contributed by atoms with van der Waals surface area (Å²) in [7, 11) is 0. The molecule has 5 rings (SSSR count). The number of aromatic nitrogens is 5. The number of hydrogen-bond donors (Lipinski definition) is 2. The molecule has 4 heterocycles. The van der Waals surface area contributed by atoms with E-state index < -0.39 is 18.5 Å². The zero-order chi connectivity index (χ0) is 28.3. The number of alkyl halides is 3. The lowest BCUT2D eigenvalue weighted by atomic mass is 10.1. The number of nitrogens with one attached hydrogen (secondary N) is 2. The quantitative estimate of drug-likeness (QED) is 0.311. The number of pyridine rings is 1. The van der Waals surface area contributed by atoms with Gasteiger partial charge in [0, 0.05) is 62.8 Å². The zero-order valence-corrected chi connectivity index (χ0v) is 22.3. The Kier molecular flexibility index (Phi) is 7.92. The first-order valence-corrected chi connectivity index (χ1v) is 13.2. The van der Waals surface area contributed by atoms with Crippen molar-refractivity contribution in [2.75, 3.05) is 38.1 Å². The van der Waals surface area contributed by atoms with Crippen molar-refractivity contribution < 1.29 is 22.7 Å². The summed E-state index contributed by atoms with van der Waals surface area (Å²) in [6, 6.07) is 7.74. The van der Waals surface area contributed by atoms with Crippen molar-refractivity contribution in [1.29, 1.82) is 0 Å². The molecule has 0 unspecified atom stereocenters. The van der Waals surface area contributed by atoms with Gasteiger partial charge in [0.25, 0.3) is 0 Å². The second kappa shape index (κ2) is 11.5. The predicted octanol–water partition coefficient (Wildman–Crippen LogP) is 4.58. The van der Waals surface area contributed by atoms with E-state index in [-0.39, 0.29) is 13.1 Å². The molecule has 40 heavy (non-hydrogen) atoms. The van der Waals surface area contributed by atoms with Gasteiger partial charge in [-0.05, 0) is 43.7 Å². The van der Waals surface area contributed by atoms with E-state index in [4.69, 9.17) is 9.72 Å². The van der Waals surface area contributed by atoms with Gasteiger partial charge >= 0.3 is 6.18 Å². The highest BCUT2D eigenvalue weighted by atomic mass is 19.4. The number of rotatable bonds is 9. The average molecular weight is 557 g/mol. The summed E-state index contributed by atoms with van der Waals surface area (Å²) >= 11 is 0. The molecule has 1 aromatic carbocycles. The van der Waals surface area contributed by atoms with Gasteiger partial charge in [-0.3, -0.25) is 14.4 Å². The van der Waals surface area contributed by atoms with E-state index in [0.717, 1.165) is 28.8 Å². The summed E-state index contributed by atoms with van der Waals surface area (Å²) in [5, 5.41) is 7.61. The summed E-state index contributed by atoms with van der Waals surface area (Å²) < 4.78 is 45.5. The maximum Gasteiger partial charge on any atom is 0.397 e. The van der Waals surface area contributed by atoms with Crippen LogP contribution >= 0.6 is 0 Å². The van der Waals surface area contributed by atoms with Crippen LogP contribution in [0.5, 0.6) is 5.75 Å². The van der Waals surface area contributed by atoms with Crippen molar-refractivity contribution in [3.63, 3.8) is 0 Å². The molecule has 4 aromatic rings. The number of ether oxygens (including phenoxy) is 1. The zero-order valence-electron chi connectivity index (χ0n) is 22.3. The molecule has 1 fully saturated rings. The van der Waals surface area contributed by atoms with Gasteiger partial charge in [0.2, 0.25) is 11.9 Å². The number of nitrogens with zero attached hydrogens (tertiary/aromatic N) is 6. The summed E-state index contributed by atoms with van der Waals surface area (Å²) in [6.45, 7) is 7.34. The molecule has 1 saturated heterocycles. The Bertz CT molecular complexity index is 1470. The number of halogens is 3. The highest BCUT2D eigenvalue weighted by Gasteiger charge is 2.34. The van der Waals surface area contributed by atoms with E-state index in [1.807, 2.05) is 55.2 Å². The second-order valence-electron chi connectivity index (χ2n) is 9.56. The van der Waals surface area contributed by atoms with Crippen LogP contribution in [0, 0.1) is 0 Å². The fourth-order valence-corrected chi connectivity index (χ4v) is 4.76. The molecule has 3 aromatic heterocycles. The van der Waals surface area contributed by atoms with Gasteiger partial charge in [-0.15, -0.1) is 0 Å². The molecule has 212 valence electrons. The monoisotopic (exact) mass is 556 g/mol. The Morgan fingerprint density at radius 2 is 1.95 bits per heavy atom. The third-order valence-corrected chi connectivity index (χ3v) is 6.72. The molecule has 0 atom stereocenters. The topological polar surface area (TPSA) is 104 Å². The molecule has 0 saturated carbocycles. The smallest absolute Gasteiger partial charge is 0.397 e. The van der Waals surface area contributed by atoms with Gasteiger partial charge in [-0.1, -0.05) is 0 Å². The van der Waals surface area contributed by atoms with E-state index in [2.05, 4.69) is 25.3 Å². The molecule has 10 nitrogen and oxygen atoms in total. The summed E-state index contributed by atoms with van der Waals surface area (Å²) in [4.78, 5) is 27.7. The van der Waals surface area contributed by atoms with Crippen molar-refractivity contribution in [2.45, 2.75) is 39.5 Å². The van der Waals surface area contributed by atoms with Gasteiger partial charge in [-0.2, -0.15) is 18.3 Å². The normalized spacial score (nSPS) is 14.6. The highest BCUT2D eigenvalue weighted by Crippen LogP contribution is 2.36. The number of anilines is 2. The van der Waals surface area contributed by atoms with Crippen LogP contribution in [0.25, 0.3) is 22.2 Å². The van der Waals surface area contributed by atoms with Crippen LogP contribution in [0.15, 0.2) is 42.9 Å². The number of amides is 1. The largest absolute Gasteiger partial charge is 0.491 e. The lowest BCUT2D eigenvalue weighted by Crippen LogP contribution is -2.49. The van der Waals surface area contributed by atoms with Crippen LogP contribution in [-0.2, 0) is 17.9 Å². The Morgan fingerprint density at radius 3 is 2.65 bits per heavy atom. The minimum atomic E-state index is -4.49. The van der Waals surface area contributed by atoms with Crippen molar-refractivity contribution >= 4 is 28.7 Å². The number of aryl methyl sites for hydroxylation is 1. The second-order valence-corrected chi connectivity index (χ2v) is 9.56. The van der Waals surface area contributed by atoms with E-state index in [0.29, 0.717) is 49.3 Å². The number of aromatic amines is 1. The van der Waals surface area contributed by atoms with Gasteiger partial charge in [0.1, 0.15) is 17.8 Å². The third-order valence-electron chi connectivity index (χ3n) is 6.72. The number of benzene rings is 1. The van der Waals surface area contributed by atoms with Gasteiger partial charge in [0.15, 0.2) is 5.75 Å².